The van der Waals surface area contributed by atoms with Crippen molar-refractivity contribution in [3.63, 3.8) is 0 Å². The van der Waals surface area contributed by atoms with Crippen LogP contribution in [0, 0.1) is 0 Å². The topological polar surface area (TPSA) is 100 Å². The maximum absolute atomic E-state index is 10.6. The van der Waals surface area contributed by atoms with E-state index in [1.54, 1.807) is 13.7 Å². The van der Waals surface area contributed by atoms with Gasteiger partial charge in [0.15, 0.2) is 0 Å². The lowest BCUT2D eigenvalue weighted by Crippen LogP contribution is -2.47. The highest BCUT2D eigenvalue weighted by Gasteiger charge is 2.22. The van der Waals surface area contributed by atoms with Crippen molar-refractivity contribution in [2.45, 2.75) is 51.6 Å². The quantitative estimate of drug-likeness (QED) is 0.158. The van der Waals surface area contributed by atoms with Gasteiger partial charge in [-0.2, -0.15) is 0 Å². The average molecular weight is 353 g/mol. The van der Waals surface area contributed by atoms with Gasteiger partial charge >= 0.3 is 7.05 Å². The number of nitrogens with one attached hydrogen (secondary N) is 1. The normalized spacial score (nSPS) is 14.3. The fourth-order valence-corrected chi connectivity index (χ4v) is 2.81. The highest BCUT2D eigenvalue weighted by molar-refractivity contribution is 7.10. The summed E-state index contributed by atoms with van der Waals surface area (Å²) >= 11 is 0. The van der Waals surface area contributed by atoms with Gasteiger partial charge in [-0.1, -0.05) is 24.6 Å². The summed E-state index contributed by atoms with van der Waals surface area (Å²) in [4.78, 5) is 4.16. The van der Waals surface area contributed by atoms with Gasteiger partial charge in [0.2, 0.25) is 0 Å². The minimum absolute atomic E-state index is 0.203. The number of nitrogens with two attached hydrogens (primary N) is 1. The molecular weight excluding hydrogens is 324 g/mol. The molecule has 8 heteroatoms. The third-order valence-electron chi connectivity index (χ3n) is 3.73. The number of benzene rings is 1. The monoisotopic (exact) mass is 353 g/mol. The maximum atomic E-state index is 10.6. The Morgan fingerprint density at radius 3 is 2.75 bits per heavy atom. The second-order valence-electron chi connectivity index (χ2n) is 5.97. The molecule has 0 amide bonds. The van der Waals surface area contributed by atoms with E-state index >= 15 is 0 Å². The molecule has 24 heavy (non-hydrogen) atoms. The van der Waals surface area contributed by atoms with Gasteiger partial charge in [-0.3, -0.25) is 4.99 Å². The Morgan fingerprint density at radius 2 is 2.12 bits per heavy atom. The molecule has 3 unspecified atom stereocenters. The molecule has 0 saturated carbocycles. The summed E-state index contributed by atoms with van der Waals surface area (Å²) in [6.45, 7) is 4.11. The number of para-hydroxylation sites is 1. The van der Waals surface area contributed by atoms with Crippen LogP contribution in [0.2, 0.25) is 6.82 Å². The van der Waals surface area contributed by atoms with Crippen LogP contribution in [0.1, 0.15) is 31.7 Å². The summed E-state index contributed by atoms with van der Waals surface area (Å²) in [7, 11) is 1.55. The number of aliphatic hydroxyl groups excluding tert-OH is 1. The lowest BCUT2D eigenvalue weighted by Gasteiger charge is -2.25. The third-order valence-corrected chi connectivity index (χ3v) is 3.99. The molecule has 0 aliphatic heterocycles. The summed E-state index contributed by atoms with van der Waals surface area (Å²) in [5.74, 6) is 1.31. The van der Waals surface area contributed by atoms with E-state index < -0.39 is 13.2 Å². The minimum Gasteiger partial charge on any atom is -0.480 e. The van der Waals surface area contributed by atoms with Crippen molar-refractivity contribution in [3.05, 3.63) is 29.8 Å². The first-order chi connectivity index (χ1) is 11.4. The fourth-order valence-electron chi connectivity index (χ4n) is 2.58. The molecule has 0 aromatic heterocycles. The highest BCUT2D eigenvalue weighted by atomic mass is 31.0. The predicted molar refractivity (Wildman–Crippen MR) is 103 cm³/mol. The van der Waals surface area contributed by atoms with Gasteiger partial charge < -0.3 is 25.6 Å². The number of aliphatic imine (C=N–C) groups is 1. The first kappa shape index (κ1) is 20.9. The molecule has 5 N–H and O–H groups in total. The second kappa shape index (κ2) is 11.4. The summed E-state index contributed by atoms with van der Waals surface area (Å²) in [6.07, 6.45) is 2.36. The fraction of sp³-hybridized carbons (Fsp3) is 0.562. The van der Waals surface area contributed by atoms with Crippen molar-refractivity contribution in [3.8, 4) is 5.75 Å². The molecule has 1 rings (SSSR count). The Hall–Kier alpha value is -1.14. The van der Waals surface area contributed by atoms with Crippen molar-refractivity contribution in [1.29, 1.82) is 0 Å². The van der Waals surface area contributed by atoms with Gasteiger partial charge in [0.1, 0.15) is 5.75 Å². The Bertz CT molecular complexity index is 513. The van der Waals surface area contributed by atoms with Crippen LogP contribution >= 0.6 is 9.47 Å². The zero-order chi connectivity index (χ0) is 17.9. The van der Waals surface area contributed by atoms with E-state index in [4.69, 9.17) is 10.3 Å². The first-order valence-corrected chi connectivity index (χ1v) is 8.74. The number of nitrogens with zero attached hydrogens (tertiary/aromatic N) is 1. The van der Waals surface area contributed by atoms with Crippen LogP contribution in [0.4, 0.5) is 0 Å². The second-order valence-corrected chi connectivity index (χ2v) is 6.20. The Morgan fingerprint density at radius 1 is 1.42 bits per heavy atom. The van der Waals surface area contributed by atoms with E-state index in [0.29, 0.717) is 18.8 Å². The number of rotatable bonds is 11. The van der Waals surface area contributed by atoms with Crippen LogP contribution in [0.15, 0.2) is 29.3 Å². The average Bonchev–Trinajstić information content (AvgIpc) is 2.53. The Labute approximate surface area is 147 Å². The Kier molecular flexibility index (Phi) is 9.95. The minimum atomic E-state index is -0.679. The van der Waals surface area contributed by atoms with E-state index in [2.05, 4.69) is 19.7 Å². The molecule has 1 aromatic carbocycles. The molecule has 134 valence electrons. The molecule has 0 heterocycles. The van der Waals surface area contributed by atoms with Gasteiger partial charge in [0, 0.05) is 19.0 Å². The number of hydrogen-bond donors (Lipinski definition) is 4. The summed E-state index contributed by atoms with van der Waals surface area (Å²) in [5, 5.41) is 23.3. The van der Waals surface area contributed by atoms with Crippen molar-refractivity contribution in [2.24, 2.45) is 10.7 Å². The van der Waals surface area contributed by atoms with Crippen LogP contribution < -0.4 is 15.5 Å². The van der Waals surface area contributed by atoms with Crippen LogP contribution in [-0.2, 0) is 6.42 Å². The number of hydrogen-bond acceptors (Lipinski definition) is 5. The standard InChI is InChI=1S/C16H29BN3O3P/c1-12(18)19-10-6-5-8-14(20-17(2)22)15(21)11-13-7-3-4-9-16(13)23-24/h3-4,7,9,14-15,20-22H,5-6,8,10-11,24H2,1-2H3,(H2,18,19). The van der Waals surface area contributed by atoms with Crippen molar-refractivity contribution >= 4 is 22.4 Å². The van der Waals surface area contributed by atoms with E-state index in [9.17, 15) is 10.1 Å². The van der Waals surface area contributed by atoms with Gasteiger partial charge in [0.25, 0.3) is 0 Å². The van der Waals surface area contributed by atoms with Crippen molar-refractivity contribution in [1.82, 2.24) is 5.23 Å². The maximum Gasteiger partial charge on any atom is 0.373 e. The summed E-state index contributed by atoms with van der Waals surface area (Å²) in [5.41, 5.74) is 6.44. The lowest BCUT2D eigenvalue weighted by atomic mass is 9.84. The van der Waals surface area contributed by atoms with Gasteiger partial charge in [0.05, 0.1) is 21.4 Å². The van der Waals surface area contributed by atoms with Crippen LogP contribution in [-0.4, -0.2) is 41.7 Å². The SMILES string of the molecule is CB(O)NC(CCCCN=C(C)N)C(O)Cc1ccccc1OP. The van der Waals surface area contributed by atoms with Crippen LogP contribution in [0.5, 0.6) is 5.75 Å². The van der Waals surface area contributed by atoms with E-state index in [0.717, 1.165) is 30.6 Å². The molecule has 6 nitrogen and oxygen atoms in total. The zero-order valence-electron chi connectivity index (χ0n) is 14.5. The molecule has 0 saturated heterocycles. The highest BCUT2D eigenvalue weighted by Crippen LogP contribution is 2.22. The number of amidine groups is 1. The summed E-state index contributed by atoms with van der Waals surface area (Å²) in [6, 6.07) is 7.39. The zero-order valence-corrected chi connectivity index (χ0v) is 15.6. The predicted octanol–water partition coefficient (Wildman–Crippen LogP) is 1.37. The van der Waals surface area contributed by atoms with E-state index in [1.807, 2.05) is 24.3 Å². The molecule has 0 spiro atoms. The largest absolute Gasteiger partial charge is 0.480 e. The first-order valence-electron chi connectivity index (χ1n) is 8.27. The van der Waals surface area contributed by atoms with Crippen molar-refractivity contribution in [2.75, 3.05) is 6.54 Å². The third kappa shape index (κ3) is 8.11. The molecule has 0 radical (unpaired) electrons. The molecule has 1 aromatic rings. The van der Waals surface area contributed by atoms with Crippen molar-refractivity contribution < 1.29 is 14.7 Å². The van der Waals surface area contributed by atoms with Gasteiger partial charge in [-0.15, -0.1) is 0 Å². The molecule has 0 bridgehead atoms. The lowest BCUT2D eigenvalue weighted by molar-refractivity contribution is 0.129. The molecule has 3 atom stereocenters. The Balaban J connectivity index is 2.60. The van der Waals surface area contributed by atoms with E-state index in [-0.39, 0.29) is 6.04 Å². The molecule has 0 aliphatic carbocycles. The smallest absolute Gasteiger partial charge is 0.373 e. The van der Waals surface area contributed by atoms with E-state index in [1.165, 1.54) is 0 Å². The number of aliphatic hydroxyl groups is 1. The molecular formula is C16H29BN3O3P. The number of unbranched alkanes of at least 4 members (excludes halogenated alkanes) is 1. The molecule has 0 fully saturated rings. The van der Waals surface area contributed by atoms with Gasteiger partial charge in [-0.25, -0.2) is 0 Å². The summed E-state index contributed by atoms with van der Waals surface area (Å²) < 4.78 is 5.25. The van der Waals surface area contributed by atoms with Crippen LogP contribution in [0.25, 0.3) is 0 Å². The van der Waals surface area contributed by atoms with Crippen LogP contribution in [0.3, 0.4) is 0 Å². The van der Waals surface area contributed by atoms with Gasteiger partial charge in [-0.05, 0) is 38.2 Å². The molecule has 0 aliphatic rings.